The van der Waals surface area contributed by atoms with Crippen LogP contribution in [-0.4, -0.2) is 53.2 Å². The minimum absolute atomic E-state index is 0.175. The van der Waals surface area contributed by atoms with E-state index in [-0.39, 0.29) is 6.10 Å². The van der Waals surface area contributed by atoms with E-state index in [1.165, 1.54) is 0 Å². The quantitative estimate of drug-likeness (QED) is 0.448. The molecule has 8 nitrogen and oxygen atoms in total. The second-order valence-corrected chi connectivity index (χ2v) is 9.01. The van der Waals surface area contributed by atoms with Crippen molar-refractivity contribution in [3.63, 3.8) is 0 Å². The van der Waals surface area contributed by atoms with E-state index in [4.69, 9.17) is 19.3 Å². The molecule has 0 unspecified atom stereocenters. The molecule has 1 aliphatic carbocycles. The summed E-state index contributed by atoms with van der Waals surface area (Å²) in [6, 6.07) is 8.30. The molecule has 0 bridgehead atoms. The minimum Gasteiger partial charge on any atom is -0.493 e. The number of rotatable bonds is 6. The Hall–Kier alpha value is -3.04. The summed E-state index contributed by atoms with van der Waals surface area (Å²) in [4.78, 5) is 5.56. The van der Waals surface area contributed by atoms with Crippen molar-refractivity contribution in [2.75, 3.05) is 26.6 Å². The number of ether oxygens (including phenoxy) is 3. The number of nitrogens with one attached hydrogen (secondary N) is 1. The molecule has 1 aliphatic rings. The van der Waals surface area contributed by atoms with Gasteiger partial charge in [-0.1, -0.05) is 0 Å². The summed E-state index contributed by atoms with van der Waals surface area (Å²) in [6.07, 6.45) is 5.20. The second kappa shape index (κ2) is 8.48. The van der Waals surface area contributed by atoms with Crippen molar-refractivity contribution in [2.45, 2.75) is 37.8 Å². The largest absolute Gasteiger partial charge is 0.493 e. The molecular formula is C23H26N4O4S. The molecule has 1 saturated carbocycles. The highest BCUT2D eigenvalue weighted by Gasteiger charge is 2.21. The third kappa shape index (κ3) is 3.61. The number of hydrogen-bond acceptors (Lipinski definition) is 8. The number of thiophene rings is 1. The van der Waals surface area contributed by atoms with Crippen LogP contribution in [0.5, 0.6) is 17.2 Å². The number of fused-ring (bicyclic) bond motifs is 2. The maximum absolute atomic E-state index is 9.75. The summed E-state index contributed by atoms with van der Waals surface area (Å²) >= 11 is 1.60. The van der Waals surface area contributed by atoms with Gasteiger partial charge in [0, 0.05) is 11.4 Å². The lowest BCUT2D eigenvalue weighted by atomic mass is 9.93. The van der Waals surface area contributed by atoms with E-state index < -0.39 is 0 Å². The maximum Gasteiger partial charge on any atom is 0.204 e. The number of nitrogens with zero attached hydrogens (tertiary/aromatic N) is 3. The monoisotopic (exact) mass is 454 g/mol. The smallest absolute Gasteiger partial charge is 0.204 e. The number of aromatic nitrogens is 3. The van der Waals surface area contributed by atoms with E-state index in [1.54, 1.807) is 32.7 Å². The van der Waals surface area contributed by atoms with E-state index in [9.17, 15) is 5.11 Å². The van der Waals surface area contributed by atoms with E-state index in [1.807, 2.05) is 28.9 Å². The van der Waals surface area contributed by atoms with Crippen LogP contribution in [0.4, 0.5) is 5.82 Å². The molecule has 5 rings (SSSR count). The zero-order chi connectivity index (χ0) is 22.2. The molecule has 9 heteroatoms. The Labute approximate surface area is 189 Å². The Balaban J connectivity index is 1.54. The summed E-state index contributed by atoms with van der Waals surface area (Å²) in [5, 5.41) is 19.1. The number of aliphatic hydroxyl groups is 1. The molecule has 2 N–H and O–H groups in total. The lowest BCUT2D eigenvalue weighted by Crippen LogP contribution is -2.28. The molecule has 0 aliphatic heterocycles. The van der Waals surface area contributed by atoms with Crippen LogP contribution in [0, 0.1) is 0 Å². The van der Waals surface area contributed by atoms with Crippen molar-refractivity contribution in [1.29, 1.82) is 0 Å². The molecule has 3 heterocycles. The molecular weight excluding hydrogens is 428 g/mol. The zero-order valence-corrected chi connectivity index (χ0v) is 19.1. The summed E-state index contributed by atoms with van der Waals surface area (Å²) in [6.45, 7) is 0. The Morgan fingerprint density at radius 2 is 1.81 bits per heavy atom. The van der Waals surface area contributed by atoms with Crippen LogP contribution in [0.15, 0.2) is 30.5 Å². The lowest BCUT2D eigenvalue weighted by molar-refractivity contribution is 0.126. The third-order valence-corrected chi connectivity index (χ3v) is 7.15. The van der Waals surface area contributed by atoms with Crippen LogP contribution >= 0.6 is 11.3 Å². The normalized spacial score (nSPS) is 18.8. The Kier molecular flexibility index (Phi) is 5.52. The van der Waals surface area contributed by atoms with Crippen LogP contribution in [0.2, 0.25) is 0 Å². The fourth-order valence-corrected chi connectivity index (χ4v) is 5.47. The molecule has 0 radical (unpaired) electrons. The van der Waals surface area contributed by atoms with E-state index in [2.05, 4.69) is 16.4 Å². The van der Waals surface area contributed by atoms with Gasteiger partial charge in [0.05, 0.1) is 43.2 Å². The number of benzene rings is 1. The van der Waals surface area contributed by atoms with E-state index in [0.717, 1.165) is 57.8 Å². The number of anilines is 1. The van der Waals surface area contributed by atoms with Gasteiger partial charge in [0.1, 0.15) is 11.5 Å². The summed E-state index contributed by atoms with van der Waals surface area (Å²) in [5.41, 5.74) is 1.69. The first-order valence-corrected chi connectivity index (χ1v) is 11.4. The van der Waals surface area contributed by atoms with Crippen molar-refractivity contribution < 1.29 is 19.3 Å². The highest BCUT2D eigenvalue weighted by Crippen LogP contribution is 2.48. The van der Waals surface area contributed by atoms with Crippen LogP contribution in [0.1, 0.15) is 25.7 Å². The SMILES string of the molecule is COc1cc2cc(-c3cnc4ccc(N[C@H]5CC[C@H](O)CC5)nn34)sc2c(OC)c1OC. The van der Waals surface area contributed by atoms with Crippen LogP contribution in [0.3, 0.4) is 0 Å². The first-order valence-electron chi connectivity index (χ1n) is 10.6. The van der Waals surface area contributed by atoms with Gasteiger partial charge in [-0.25, -0.2) is 9.50 Å². The van der Waals surface area contributed by atoms with Gasteiger partial charge in [0.15, 0.2) is 17.1 Å². The fraction of sp³-hybridized carbons (Fsp3) is 0.391. The van der Waals surface area contributed by atoms with Crippen LogP contribution in [0.25, 0.3) is 26.3 Å². The van der Waals surface area contributed by atoms with Crippen LogP contribution in [-0.2, 0) is 0 Å². The number of hydrogen-bond donors (Lipinski definition) is 2. The highest BCUT2D eigenvalue weighted by atomic mass is 32.1. The van der Waals surface area contributed by atoms with Crippen LogP contribution < -0.4 is 19.5 Å². The first kappa shape index (κ1) is 20.8. The molecule has 0 spiro atoms. The molecule has 0 amide bonds. The average Bonchev–Trinajstić information content (AvgIpc) is 3.42. The molecule has 1 aromatic carbocycles. The first-order chi connectivity index (χ1) is 15.6. The van der Waals surface area contributed by atoms with Gasteiger partial charge in [-0.05, 0) is 49.9 Å². The molecule has 3 aromatic heterocycles. The van der Waals surface area contributed by atoms with Crippen molar-refractivity contribution in [1.82, 2.24) is 14.6 Å². The van der Waals surface area contributed by atoms with Gasteiger partial charge in [0.2, 0.25) is 5.75 Å². The number of aliphatic hydroxyl groups excluding tert-OH is 1. The van der Waals surface area contributed by atoms with Gasteiger partial charge in [-0.15, -0.1) is 16.4 Å². The number of methoxy groups -OCH3 is 3. The molecule has 0 atom stereocenters. The van der Waals surface area contributed by atoms with Gasteiger partial charge < -0.3 is 24.6 Å². The average molecular weight is 455 g/mol. The fourth-order valence-electron chi connectivity index (χ4n) is 4.32. The van der Waals surface area contributed by atoms with Gasteiger partial charge >= 0.3 is 0 Å². The summed E-state index contributed by atoms with van der Waals surface area (Å²) in [7, 11) is 4.86. The maximum atomic E-state index is 9.75. The van der Waals surface area contributed by atoms with E-state index >= 15 is 0 Å². The molecule has 168 valence electrons. The summed E-state index contributed by atoms with van der Waals surface area (Å²) in [5.74, 6) is 2.67. The molecule has 4 aromatic rings. The summed E-state index contributed by atoms with van der Waals surface area (Å²) < 4.78 is 19.5. The topological polar surface area (TPSA) is 90.1 Å². The highest BCUT2D eigenvalue weighted by molar-refractivity contribution is 7.22. The van der Waals surface area contributed by atoms with Crippen molar-refractivity contribution in [3.8, 4) is 27.8 Å². The van der Waals surface area contributed by atoms with Gasteiger partial charge in [-0.2, -0.15) is 0 Å². The molecule has 0 saturated heterocycles. The standard InChI is InChI=1S/C23H26N4O4S/c1-29-17-10-13-11-18(32-23(13)22(31-3)21(17)30-2)16-12-24-20-9-8-19(26-27(16)20)25-14-4-6-15(28)7-5-14/h8-12,14-15,28H,4-7H2,1-3H3,(H,25,26)/t14-,15-. The second-order valence-electron chi connectivity index (χ2n) is 7.96. The lowest BCUT2D eigenvalue weighted by Gasteiger charge is -2.26. The van der Waals surface area contributed by atoms with E-state index in [0.29, 0.717) is 23.3 Å². The number of imidazole rings is 1. The van der Waals surface area contributed by atoms with Gasteiger partial charge in [0.25, 0.3) is 0 Å². The van der Waals surface area contributed by atoms with Gasteiger partial charge in [-0.3, -0.25) is 0 Å². The Bertz CT molecular complexity index is 1260. The molecule has 32 heavy (non-hydrogen) atoms. The van der Waals surface area contributed by atoms with Crippen molar-refractivity contribution >= 4 is 32.9 Å². The Morgan fingerprint density at radius 1 is 1.03 bits per heavy atom. The predicted molar refractivity (Wildman–Crippen MR) is 125 cm³/mol. The van der Waals surface area contributed by atoms with Crippen molar-refractivity contribution in [3.05, 3.63) is 30.5 Å². The zero-order valence-electron chi connectivity index (χ0n) is 18.3. The van der Waals surface area contributed by atoms with Crippen molar-refractivity contribution in [2.24, 2.45) is 0 Å². The Morgan fingerprint density at radius 3 is 2.53 bits per heavy atom. The minimum atomic E-state index is -0.175. The predicted octanol–water partition coefficient (Wildman–Crippen LogP) is 4.35. The molecule has 1 fully saturated rings. The third-order valence-electron chi connectivity index (χ3n) is 5.98.